The number of nitrogens with one attached hydrogen (secondary N) is 1. The highest BCUT2D eigenvalue weighted by molar-refractivity contribution is 7.99. The van der Waals surface area contributed by atoms with Gasteiger partial charge >= 0.3 is 0 Å². The Morgan fingerprint density at radius 3 is 1.86 bits per heavy atom. The highest BCUT2D eigenvalue weighted by atomic mass is 32.2. The van der Waals surface area contributed by atoms with Crippen LogP contribution in [0.1, 0.15) is 148 Å². The molecule has 0 spiro atoms. The van der Waals surface area contributed by atoms with Crippen LogP contribution in [-0.4, -0.2) is 135 Å². The molecule has 1 amide bonds. The van der Waals surface area contributed by atoms with E-state index in [2.05, 4.69) is 17.1 Å². The average Bonchev–Trinajstić information content (AvgIpc) is 3.14. The zero-order chi connectivity index (χ0) is 37.1. The summed E-state index contributed by atoms with van der Waals surface area (Å²) in [5, 5.41) is 65.0. The summed E-state index contributed by atoms with van der Waals surface area (Å²) < 4.78 is 11.1. The summed E-state index contributed by atoms with van der Waals surface area (Å²) in [6.45, 7) is 5.01. The van der Waals surface area contributed by atoms with E-state index in [1.165, 1.54) is 108 Å². The fourth-order valence-corrected chi connectivity index (χ4v) is 8.03. The number of aliphatic hydroxyl groups excluding tert-OH is 6. The Morgan fingerprint density at radius 1 is 0.765 bits per heavy atom. The van der Waals surface area contributed by atoms with Gasteiger partial charge in [0.15, 0.2) is 6.29 Å². The van der Waals surface area contributed by atoms with E-state index in [0.717, 1.165) is 51.4 Å². The minimum Gasteiger partial charge on any atom is -0.394 e. The van der Waals surface area contributed by atoms with Crippen LogP contribution in [-0.2, 0) is 14.3 Å². The summed E-state index contributed by atoms with van der Waals surface area (Å²) in [5.41, 5.74) is 0. The number of carbonyl (C=O) groups is 1. The number of unbranched alkanes of at least 4 members (excludes halogenated alkanes) is 18. The van der Waals surface area contributed by atoms with Gasteiger partial charge in [-0.1, -0.05) is 122 Å². The smallest absolute Gasteiger partial charge is 0.220 e. The Hall–Kier alpha value is -0.540. The second-order valence-corrected chi connectivity index (χ2v) is 16.2. The minimum absolute atomic E-state index is 0.259. The van der Waals surface area contributed by atoms with Gasteiger partial charge in [0, 0.05) is 31.0 Å². The van der Waals surface area contributed by atoms with Crippen molar-refractivity contribution >= 4 is 17.7 Å². The number of rotatable bonds is 31. The lowest BCUT2D eigenvalue weighted by Crippen LogP contribution is -2.60. The molecule has 7 N–H and O–H groups in total. The van der Waals surface area contributed by atoms with Gasteiger partial charge in [-0.25, -0.2) is 0 Å². The van der Waals surface area contributed by atoms with Crippen LogP contribution in [0.3, 0.4) is 0 Å². The molecule has 302 valence electrons. The largest absolute Gasteiger partial charge is 0.394 e. The second kappa shape index (κ2) is 29.8. The summed E-state index contributed by atoms with van der Waals surface area (Å²) in [6.07, 6.45) is 14.2. The molecule has 0 radical (unpaired) electrons. The predicted octanol–water partition coefficient (Wildman–Crippen LogP) is 4.66. The molecule has 11 nitrogen and oxygen atoms in total. The lowest BCUT2D eigenvalue weighted by atomic mass is 9.98. The number of aliphatic hydroxyl groups is 6. The second-order valence-electron chi connectivity index (χ2n) is 15.0. The van der Waals surface area contributed by atoms with Crippen LogP contribution in [0.5, 0.6) is 0 Å². The van der Waals surface area contributed by atoms with Crippen LogP contribution in [0.2, 0.25) is 0 Å². The van der Waals surface area contributed by atoms with Crippen molar-refractivity contribution in [3.8, 4) is 0 Å². The van der Waals surface area contributed by atoms with E-state index < -0.39 is 55.6 Å². The van der Waals surface area contributed by atoms with Gasteiger partial charge in [-0.15, -0.1) is 0 Å². The van der Waals surface area contributed by atoms with Crippen LogP contribution in [0.15, 0.2) is 0 Å². The van der Waals surface area contributed by atoms with E-state index in [-0.39, 0.29) is 18.9 Å². The zero-order valence-electron chi connectivity index (χ0n) is 31.9. The van der Waals surface area contributed by atoms with E-state index >= 15 is 0 Å². The van der Waals surface area contributed by atoms with Gasteiger partial charge in [-0.2, -0.15) is 11.8 Å². The van der Waals surface area contributed by atoms with Crippen molar-refractivity contribution in [2.75, 3.05) is 44.4 Å². The van der Waals surface area contributed by atoms with Crippen LogP contribution in [0.4, 0.5) is 0 Å². The topological polar surface area (TPSA) is 172 Å². The minimum atomic E-state index is -1.60. The lowest BCUT2D eigenvalue weighted by molar-refractivity contribution is -0.303. The van der Waals surface area contributed by atoms with Gasteiger partial charge < -0.3 is 50.3 Å². The van der Waals surface area contributed by atoms with Crippen molar-refractivity contribution in [2.45, 2.75) is 197 Å². The number of amides is 1. The number of carbonyl (C=O) groups excluding carboxylic acids is 1. The molecule has 2 aliphatic heterocycles. The Balaban J connectivity index is 1.70. The van der Waals surface area contributed by atoms with Crippen molar-refractivity contribution < 1.29 is 44.9 Å². The van der Waals surface area contributed by atoms with Crippen LogP contribution in [0.25, 0.3) is 0 Å². The number of nitrogens with zero attached hydrogens (tertiary/aromatic N) is 1. The molecule has 0 saturated carbocycles. The molecule has 0 bridgehead atoms. The molecule has 2 saturated heterocycles. The first-order valence-electron chi connectivity index (χ1n) is 20.7. The average molecular weight is 749 g/mol. The molecule has 12 heteroatoms. The molecule has 0 aromatic rings. The van der Waals surface area contributed by atoms with E-state index in [0.29, 0.717) is 6.42 Å². The van der Waals surface area contributed by atoms with Crippen molar-refractivity contribution in [1.29, 1.82) is 0 Å². The first kappa shape index (κ1) is 46.6. The highest BCUT2D eigenvalue weighted by Gasteiger charge is 2.44. The van der Waals surface area contributed by atoms with Crippen molar-refractivity contribution in [1.82, 2.24) is 10.2 Å². The normalized spacial score (nSPS) is 24.7. The van der Waals surface area contributed by atoms with Gasteiger partial charge in [-0.05, 0) is 25.8 Å². The third kappa shape index (κ3) is 20.6. The van der Waals surface area contributed by atoms with Crippen molar-refractivity contribution in [2.24, 2.45) is 0 Å². The summed E-state index contributed by atoms with van der Waals surface area (Å²) >= 11 is 2.05. The summed E-state index contributed by atoms with van der Waals surface area (Å²) in [6, 6.07) is -0.985. The highest BCUT2D eigenvalue weighted by Crippen LogP contribution is 2.23. The Morgan fingerprint density at radius 2 is 1.29 bits per heavy atom. The maximum atomic E-state index is 12.9. The molecule has 0 aromatic heterocycles. The molecule has 8 atom stereocenters. The monoisotopic (exact) mass is 749 g/mol. The molecule has 0 aromatic carbocycles. The van der Waals surface area contributed by atoms with Crippen molar-refractivity contribution in [3.63, 3.8) is 0 Å². The van der Waals surface area contributed by atoms with Gasteiger partial charge in [0.25, 0.3) is 0 Å². The first-order valence-corrected chi connectivity index (χ1v) is 21.8. The van der Waals surface area contributed by atoms with E-state index in [9.17, 15) is 35.4 Å². The quantitative estimate of drug-likeness (QED) is 0.0492. The van der Waals surface area contributed by atoms with Gasteiger partial charge in [0.2, 0.25) is 5.91 Å². The van der Waals surface area contributed by atoms with E-state index in [1.807, 2.05) is 11.8 Å². The van der Waals surface area contributed by atoms with Crippen LogP contribution < -0.4 is 5.32 Å². The van der Waals surface area contributed by atoms with Gasteiger partial charge in [0.05, 0.1) is 25.4 Å². The zero-order valence-corrected chi connectivity index (χ0v) is 32.7. The Bertz CT molecular complexity index is 838. The van der Waals surface area contributed by atoms with E-state index in [4.69, 9.17) is 9.47 Å². The van der Waals surface area contributed by atoms with Crippen molar-refractivity contribution in [3.05, 3.63) is 0 Å². The Labute approximate surface area is 313 Å². The first-order chi connectivity index (χ1) is 24.8. The molecule has 51 heavy (non-hydrogen) atoms. The standard InChI is InChI=1S/C39H76N2O9S/c1-2-3-4-5-6-7-8-9-10-13-16-19-22-32(43)35(45)31(30-49-39-38(48)37(47)36(46)33(29-42)50-39)40-34(44)23-20-17-14-11-12-15-18-21-24-41-25-27-51-28-26-41/h31-33,35-39,42-43,45-48H,2-30H2,1H3,(H,40,44)/t31-,32+,33?,35-,36?,37?,38?,39?/m0/s1. The molecule has 5 unspecified atom stereocenters. The van der Waals surface area contributed by atoms with Crippen LogP contribution in [0, 0.1) is 0 Å². The maximum absolute atomic E-state index is 12.9. The number of ether oxygens (including phenoxy) is 2. The third-order valence-electron chi connectivity index (χ3n) is 10.5. The van der Waals surface area contributed by atoms with Crippen LogP contribution >= 0.6 is 11.8 Å². The predicted molar refractivity (Wildman–Crippen MR) is 205 cm³/mol. The molecule has 2 rings (SSSR count). The number of hydrogen-bond donors (Lipinski definition) is 7. The fraction of sp³-hybridized carbons (Fsp3) is 0.974. The third-order valence-corrected chi connectivity index (χ3v) is 11.5. The Kier molecular flexibility index (Phi) is 27.2. The fourth-order valence-electron chi connectivity index (χ4n) is 7.05. The SMILES string of the molecule is CCCCCCCCCCCCCC[C@@H](O)[C@@H](O)[C@H](COC1OC(CO)C(O)C(O)C1O)NC(=O)CCCCCCCCCCN1CCSCC1. The molecule has 2 fully saturated rings. The lowest BCUT2D eigenvalue weighted by Gasteiger charge is -2.40. The summed E-state index contributed by atoms with van der Waals surface area (Å²) in [4.78, 5) is 15.5. The summed E-state index contributed by atoms with van der Waals surface area (Å²) in [5.74, 6) is 2.26. The molecule has 2 heterocycles. The number of thioether (sulfide) groups is 1. The summed E-state index contributed by atoms with van der Waals surface area (Å²) in [7, 11) is 0. The molecule has 2 aliphatic rings. The molecular weight excluding hydrogens is 673 g/mol. The number of hydrogen-bond acceptors (Lipinski definition) is 11. The van der Waals surface area contributed by atoms with Gasteiger partial charge in [0.1, 0.15) is 30.5 Å². The molecular formula is C39H76N2O9S. The van der Waals surface area contributed by atoms with E-state index in [1.54, 1.807) is 0 Å². The molecule has 0 aliphatic carbocycles. The maximum Gasteiger partial charge on any atom is 0.220 e. The van der Waals surface area contributed by atoms with Gasteiger partial charge in [-0.3, -0.25) is 4.79 Å².